The molecule has 4 heteroatoms. The molecule has 116 valence electrons. The van der Waals surface area contributed by atoms with Crippen molar-refractivity contribution in [2.45, 2.75) is 66.5 Å². The van der Waals surface area contributed by atoms with Gasteiger partial charge in [0.15, 0.2) is 5.13 Å². The summed E-state index contributed by atoms with van der Waals surface area (Å²) in [5.41, 5.74) is 0. The molecule has 1 aromatic heterocycles. The Morgan fingerprint density at radius 1 is 1.25 bits per heavy atom. The van der Waals surface area contributed by atoms with Gasteiger partial charge in [-0.1, -0.05) is 34.6 Å². The van der Waals surface area contributed by atoms with Crippen LogP contribution in [0.5, 0.6) is 0 Å². The molecule has 0 amide bonds. The third-order valence-electron chi connectivity index (χ3n) is 3.50. The van der Waals surface area contributed by atoms with Gasteiger partial charge in [-0.25, -0.2) is 4.98 Å². The second-order valence-corrected chi connectivity index (χ2v) is 6.97. The predicted octanol–water partition coefficient (Wildman–Crippen LogP) is 4.61. The van der Waals surface area contributed by atoms with Crippen LogP contribution in [-0.2, 0) is 6.54 Å². The molecule has 0 aliphatic carbocycles. The minimum atomic E-state index is 0.687. The van der Waals surface area contributed by atoms with Gasteiger partial charge in [-0.3, -0.25) is 4.90 Å². The maximum atomic E-state index is 4.48. The number of nitrogens with one attached hydrogen (secondary N) is 1. The van der Waals surface area contributed by atoms with Crippen LogP contribution in [0.4, 0.5) is 5.13 Å². The molecule has 0 aromatic carbocycles. The van der Waals surface area contributed by atoms with E-state index in [9.17, 15) is 0 Å². The summed E-state index contributed by atoms with van der Waals surface area (Å²) in [5.74, 6) is 0.709. The van der Waals surface area contributed by atoms with Gasteiger partial charge >= 0.3 is 0 Å². The molecule has 20 heavy (non-hydrogen) atoms. The molecule has 0 aliphatic rings. The first-order valence-electron chi connectivity index (χ1n) is 8.03. The molecule has 0 saturated heterocycles. The van der Waals surface area contributed by atoms with Crippen LogP contribution in [0.15, 0.2) is 6.20 Å². The highest BCUT2D eigenvalue weighted by Gasteiger charge is 2.17. The van der Waals surface area contributed by atoms with Crippen molar-refractivity contribution in [1.29, 1.82) is 0 Å². The molecular weight excluding hydrogens is 266 g/mol. The minimum absolute atomic E-state index is 0.687. The predicted molar refractivity (Wildman–Crippen MR) is 90.5 cm³/mol. The average molecular weight is 298 g/mol. The molecule has 0 bridgehead atoms. The van der Waals surface area contributed by atoms with Gasteiger partial charge in [0.1, 0.15) is 0 Å². The summed E-state index contributed by atoms with van der Waals surface area (Å²) in [7, 11) is 0. The summed E-state index contributed by atoms with van der Waals surface area (Å²) in [6.45, 7) is 14.6. The van der Waals surface area contributed by atoms with Gasteiger partial charge in [-0.15, -0.1) is 11.3 Å². The lowest BCUT2D eigenvalue weighted by molar-refractivity contribution is 0.159. The van der Waals surface area contributed by atoms with Crippen molar-refractivity contribution in [3.05, 3.63) is 11.1 Å². The average Bonchev–Trinajstić information content (AvgIpc) is 2.84. The SMILES string of the molecule is CCCNc1ncc(CN(CC(C)C)C(CC)CC)s1. The van der Waals surface area contributed by atoms with E-state index in [2.05, 4.69) is 49.8 Å². The number of thiazole rings is 1. The molecule has 3 nitrogen and oxygen atoms in total. The first-order chi connectivity index (χ1) is 9.60. The molecule has 1 aromatic rings. The van der Waals surface area contributed by atoms with Crippen molar-refractivity contribution >= 4 is 16.5 Å². The monoisotopic (exact) mass is 297 g/mol. The molecule has 0 spiro atoms. The van der Waals surface area contributed by atoms with Gasteiger partial charge in [-0.05, 0) is 25.2 Å². The van der Waals surface area contributed by atoms with Crippen LogP contribution in [0.1, 0.15) is 58.8 Å². The molecule has 0 radical (unpaired) electrons. The minimum Gasteiger partial charge on any atom is -0.362 e. The zero-order chi connectivity index (χ0) is 15.0. The van der Waals surface area contributed by atoms with Crippen molar-refractivity contribution < 1.29 is 0 Å². The smallest absolute Gasteiger partial charge is 0.182 e. The van der Waals surface area contributed by atoms with E-state index in [1.165, 1.54) is 24.3 Å². The Hall–Kier alpha value is -0.610. The third-order valence-corrected chi connectivity index (χ3v) is 4.44. The number of nitrogens with zero attached hydrogens (tertiary/aromatic N) is 2. The number of rotatable bonds is 10. The molecule has 1 N–H and O–H groups in total. The van der Waals surface area contributed by atoms with E-state index < -0.39 is 0 Å². The van der Waals surface area contributed by atoms with Crippen molar-refractivity contribution in [3.8, 4) is 0 Å². The number of hydrogen-bond donors (Lipinski definition) is 1. The zero-order valence-electron chi connectivity index (χ0n) is 13.8. The highest BCUT2D eigenvalue weighted by atomic mass is 32.1. The van der Waals surface area contributed by atoms with Gasteiger partial charge in [0, 0.05) is 36.8 Å². The molecule has 0 atom stereocenters. The topological polar surface area (TPSA) is 28.2 Å². The van der Waals surface area contributed by atoms with Gasteiger partial charge in [0.05, 0.1) is 0 Å². The Morgan fingerprint density at radius 3 is 2.50 bits per heavy atom. The van der Waals surface area contributed by atoms with Crippen LogP contribution in [0.2, 0.25) is 0 Å². The lowest BCUT2D eigenvalue weighted by atomic mass is 10.1. The fraction of sp³-hybridized carbons (Fsp3) is 0.812. The Morgan fingerprint density at radius 2 is 1.95 bits per heavy atom. The zero-order valence-corrected chi connectivity index (χ0v) is 14.6. The molecule has 0 unspecified atom stereocenters. The Labute approximate surface area is 128 Å². The Balaban J connectivity index is 2.65. The van der Waals surface area contributed by atoms with E-state index in [1.54, 1.807) is 11.3 Å². The fourth-order valence-corrected chi connectivity index (χ4v) is 3.38. The molecule has 1 rings (SSSR count). The van der Waals surface area contributed by atoms with Crippen LogP contribution in [0.3, 0.4) is 0 Å². The Bertz CT molecular complexity index is 358. The van der Waals surface area contributed by atoms with E-state index in [0.29, 0.717) is 12.0 Å². The van der Waals surface area contributed by atoms with E-state index in [-0.39, 0.29) is 0 Å². The quantitative estimate of drug-likeness (QED) is 0.683. The molecular formula is C16H31N3S. The number of anilines is 1. The van der Waals surface area contributed by atoms with E-state index in [0.717, 1.165) is 24.6 Å². The summed E-state index contributed by atoms with van der Waals surface area (Å²) in [5, 5.41) is 4.44. The second kappa shape index (κ2) is 9.35. The Kier molecular flexibility index (Phi) is 8.15. The molecule has 0 saturated carbocycles. The van der Waals surface area contributed by atoms with E-state index in [4.69, 9.17) is 0 Å². The summed E-state index contributed by atoms with van der Waals surface area (Å²) >= 11 is 1.80. The maximum Gasteiger partial charge on any atom is 0.182 e. The standard InChI is InChI=1S/C16H31N3S/c1-6-9-17-16-18-10-15(20-16)12-19(11-13(4)5)14(7-2)8-3/h10,13-14H,6-9,11-12H2,1-5H3,(H,17,18). The van der Waals surface area contributed by atoms with Gasteiger partial charge in [0.2, 0.25) is 0 Å². The van der Waals surface area contributed by atoms with Gasteiger partial charge in [-0.2, -0.15) is 0 Å². The van der Waals surface area contributed by atoms with Crippen molar-refractivity contribution in [2.24, 2.45) is 5.92 Å². The fourth-order valence-electron chi connectivity index (χ4n) is 2.51. The largest absolute Gasteiger partial charge is 0.362 e. The number of hydrogen-bond acceptors (Lipinski definition) is 4. The highest BCUT2D eigenvalue weighted by molar-refractivity contribution is 7.15. The molecule has 0 aliphatic heterocycles. The summed E-state index contributed by atoms with van der Waals surface area (Å²) < 4.78 is 0. The summed E-state index contributed by atoms with van der Waals surface area (Å²) in [6.07, 6.45) is 5.63. The van der Waals surface area contributed by atoms with Crippen LogP contribution in [-0.4, -0.2) is 29.0 Å². The maximum absolute atomic E-state index is 4.48. The summed E-state index contributed by atoms with van der Waals surface area (Å²) in [6, 6.07) is 0.687. The summed E-state index contributed by atoms with van der Waals surface area (Å²) in [4.78, 5) is 8.48. The van der Waals surface area contributed by atoms with Crippen LogP contribution in [0, 0.1) is 5.92 Å². The third kappa shape index (κ3) is 5.80. The van der Waals surface area contributed by atoms with E-state index >= 15 is 0 Å². The lowest BCUT2D eigenvalue weighted by Gasteiger charge is -2.31. The van der Waals surface area contributed by atoms with E-state index in [1.807, 2.05) is 6.20 Å². The first-order valence-corrected chi connectivity index (χ1v) is 8.84. The van der Waals surface area contributed by atoms with Crippen LogP contribution >= 0.6 is 11.3 Å². The van der Waals surface area contributed by atoms with Gasteiger partial charge in [0.25, 0.3) is 0 Å². The van der Waals surface area contributed by atoms with Crippen molar-refractivity contribution in [1.82, 2.24) is 9.88 Å². The second-order valence-electron chi connectivity index (χ2n) is 5.85. The van der Waals surface area contributed by atoms with Crippen molar-refractivity contribution in [3.63, 3.8) is 0 Å². The molecule has 0 fully saturated rings. The molecule has 1 heterocycles. The first kappa shape index (κ1) is 17.4. The van der Waals surface area contributed by atoms with Crippen molar-refractivity contribution in [2.75, 3.05) is 18.4 Å². The number of aromatic nitrogens is 1. The lowest BCUT2D eigenvalue weighted by Crippen LogP contribution is -2.36. The van der Waals surface area contributed by atoms with Crippen LogP contribution < -0.4 is 5.32 Å². The normalized spacial score (nSPS) is 11.8. The van der Waals surface area contributed by atoms with Gasteiger partial charge < -0.3 is 5.32 Å². The van der Waals surface area contributed by atoms with Crippen LogP contribution in [0.25, 0.3) is 0 Å². The highest BCUT2D eigenvalue weighted by Crippen LogP contribution is 2.22.